The van der Waals surface area contributed by atoms with Crippen molar-refractivity contribution in [3.05, 3.63) is 11.8 Å². The van der Waals surface area contributed by atoms with Crippen LogP contribution in [0.3, 0.4) is 0 Å². The maximum atomic E-state index is 11.0. The number of carbonyl (C=O) groups excluding carboxylic acids is 1. The largest absolute Gasteiger partial charge is 0.459 e. The molecule has 0 aliphatic carbocycles. The van der Waals surface area contributed by atoms with Crippen molar-refractivity contribution >= 4 is 5.97 Å². The Morgan fingerprint density at radius 3 is 2.33 bits per heavy atom. The summed E-state index contributed by atoms with van der Waals surface area (Å²) < 4.78 is 5.06. The van der Waals surface area contributed by atoms with Gasteiger partial charge in [0.1, 0.15) is 6.10 Å². The first kappa shape index (κ1) is 11.0. The van der Waals surface area contributed by atoms with E-state index in [0.717, 1.165) is 12.8 Å². The van der Waals surface area contributed by atoms with Crippen LogP contribution >= 0.6 is 0 Å². The average molecular weight is 171 g/mol. The van der Waals surface area contributed by atoms with Gasteiger partial charge >= 0.3 is 5.97 Å². The summed E-state index contributed by atoms with van der Waals surface area (Å²) in [5.74, 6) is -0.344. The maximum Gasteiger partial charge on any atom is 0.332 e. The molecule has 0 aromatic heterocycles. The third-order valence-corrected chi connectivity index (χ3v) is 1.54. The van der Waals surface area contributed by atoms with Gasteiger partial charge in [0.2, 0.25) is 0 Å². The number of esters is 1. The van der Waals surface area contributed by atoms with E-state index in [1.165, 1.54) is 6.08 Å². The van der Waals surface area contributed by atoms with Gasteiger partial charge in [0.25, 0.3) is 0 Å². The second-order valence-corrected chi connectivity index (χ2v) is 2.76. The number of carbonyl (C=O) groups is 1. The van der Waals surface area contributed by atoms with Crippen molar-refractivity contribution < 1.29 is 9.53 Å². The Kier molecular flexibility index (Phi) is 5.17. The van der Waals surface area contributed by atoms with Gasteiger partial charge in [-0.2, -0.15) is 0 Å². The molecule has 0 heterocycles. The Balaban J connectivity index is 3.90. The molecular weight excluding hydrogens is 154 g/mol. The van der Waals surface area contributed by atoms with Crippen molar-refractivity contribution in [3.63, 3.8) is 0 Å². The van der Waals surface area contributed by atoms with E-state index in [0.29, 0.717) is 5.70 Å². The Labute approximate surface area is 73.6 Å². The van der Waals surface area contributed by atoms with Crippen LogP contribution in [0.4, 0.5) is 0 Å². The average Bonchev–Trinajstić information content (AvgIpc) is 1.98. The molecule has 12 heavy (non-hydrogen) atoms. The summed E-state index contributed by atoms with van der Waals surface area (Å²) in [5.41, 5.74) is 5.79. The van der Waals surface area contributed by atoms with E-state index in [1.54, 1.807) is 6.92 Å². The molecule has 0 fully saturated rings. The number of rotatable bonds is 4. The smallest absolute Gasteiger partial charge is 0.332 e. The van der Waals surface area contributed by atoms with Crippen LogP contribution < -0.4 is 5.73 Å². The van der Waals surface area contributed by atoms with Gasteiger partial charge in [-0.05, 0) is 19.8 Å². The highest BCUT2D eigenvalue weighted by atomic mass is 16.5. The third-order valence-electron chi connectivity index (χ3n) is 1.54. The standard InChI is InChI=1S/C9H17NO2/c1-4-8(5-2)12-9(11)6-7(3)10/h6,8H,4-5,10H2,1-3H3/b7-6-. The molecule has 0 rings (SSSR count). The van der Waals surface area contributed by atoms with Crippen LogP contribution in [0.15, 0.2) is 11.8 Å². The van der Waals surface area contributed by atoms with Gasteiger partial charge in [-0.15, -0.1) is 0 Å². The molecular formula is C9H17NO2. The van der Waals surface area contributed by atoms with Crippen molar-refractivity contribution in [2.75, 3.05) is 0 Å². The molecule has 0 bridgehead atoms. The first-order valence-electron chi connectivity index (χ1n) is 4.24. The molecule has 70 valence electrons. The molecule has 2 N–H and O–H groups in total. The van der Waals surface area contributed by atoms with Crippen LogP contribution in [0.1, 0.15) is 33.6 Å². The highest BCUT2D eigenvalue weighted by molar-refractivity contribution is 5.82. The van der Waals surface area contributed by atoms with Crippen molar-refractivity contribution in [2.24, 2.45) is 5.73 Å². The molecule has 0 unspecified atom stereocenters. The Morgan fingerprint density at radius 1 is 1.50 bits per heavy atom. The molecule has 0 aliphatic heterocycles. The lowest BCUT2D eigenvalue weighted by atomic mass is 10.2. The third kappa shape index (κ3) is 4.77. The van der Waals surface area contributed by atoms with Gasteiger partial charge in [-0.3, -0.25) is 0 Å². The zero-order chi connectivity index (χ0) is 9.56. The Morgan fingerprint density at radius 2 is 2.00 bits per heavy atom. The summed E-state index contributed by atoms with van der Waals surface area (Å²) in [7, 11) is 0. The topological polar surface area (TPSA) is 52.3 Å². The molecule has 0 atom stereocenters. The van der Waals surface area contributed by atoms with E-state index in [2.05, 4.69) is 0 Å². The summed E-state index contributed by atoms with van der Waals surface area (Å²) in [6, 6.07) is 0. The number of hydrogen-bond donors (Lipinski definition) is 1. The van der Waals surface area contributed by atoms with Crippen LogP contribution in [0.25, 0.3) is 0 Å². The minimum atomic E-state index is -0.344. The van der Waals surface area contributed by atoms with Crippen molar-refractivity contribution in [1.82, 2.24) is 0 Å². The maximum absolute atomic E-state index is 11.0. The summed E-state index contributed by atoms with van der Waals surface area (Å²) >= 11 is 0. The highest BCUT2D eigenvalue weighted by Crippen LogP contribution is 2.03. The predicted octanol–water partition coefficient (Wildman–Crippen LogP) is 1.58. The lowest BCUT2D eigenvalue weighted by molar-refractivity contribution is -0.143. The molecule has 3 nitrogen and oxygen atoms in total. The summed E-state index contributed by atoms with van der Waals surface area (Å²) in [6.45, 7) is 5.63. The van der Waals surface area contributed by atoms with E-state index < -0.39 is 0 Å². The van der Waals surface area contributed by atoms with Crippen LogP contribution in [0, 0.1) is 0 Å². The minimum Gasteiger partial charge on any atom is -0.459 e. The van der Waals surface area contributed by atoms with Crippen LogP contribution in [-0.4, -0.2) is 12.1 Å². The van der Waals surface area contributed by atoms with Gasteiger partial charge in [-0.25, -0.2) is 4.79 Å². The first-order chi connectivity index (χ1) is 5.60. The number of hydrogen-bond acceptors (Lipinski definition) is 3. The van der Waals surface area contributed by atoms with Crippen molar-refractivity contribution in [3.8, 4) is 0 Å². The second-order valence-electron chi connectivity index (χ2n) is 2.76. The SMILES string of the molecule is CCC(CC)OC(=O)/C=C(/C)N. The van der Waals surface area contributed by atoms with Gasteiger partial charge in [0, 0.05) is 11.8 Å². The van der Waals surface area contributed by atoms with E-state index in [4.69, 9.17) is 10.5 Å². The zero-order valence-electron chi connectivity index (χ0n) is 7.96. The van der Waals surface area contributed by atoms with Crippen LogP contribution in [0.2, 0.25) is 0 Å². The quantitative estimate of drug-likeness (QED) is 0.516. The van der Waals surface area contributed by atoms with Crippen LogP contribution in [-0.2, 0) is 9.53 Å². The lowest BCUT2D eigenvalue weighted by Gasteiger charge is -2.11. The van der Waals surface area contributed by atoms with Gasteiger partial charge in [0.15, 0.2) is 0 Å². The van der Waals surface area contributed by atoms with Gasteiger partial charge in [-0.1, -0.05) is 13.8 Å². The fourth-order valence-corrected chi connectivity index (χ4v) is 0.840. The lowest BCUT2D eigenvalue weighted by Crippen LogP contribution is -2.15. The fraction of sp³-hybridized carbons (Fsp3) is 0.667. The van der Waals surface area contributed by atoms with Gasteiger partial charge in [0.05, 0.1) is 0 Å². The minimum absolute atomic E-state index is 0.0214. The first-order valence-corrected chi connectivity index (χ1v) is 4.24. The van der Waals surface area contributed by atoms with E-state index in [9.17, 15) is 4.79 Å². The van der Waals surface area contributed by atoms with Crippen molar-refractivity contribution in [1.29, 1.82) is 0 Å². The normalized spacial score (nSPS) is 11.8. The molecule has 3 heteroatoms. The van der Waals surface area contributed by atoms with E-state index in [-0.39, 0.29) is 12.1 Å². The van der Waals surface area contributed by atoms with Gasteiger partial charge < -0.3 is 10.5 Å². The van der Waals surface area contributed by atoms with Crippen LogP contribution in [0.5, 0.6) is 0 Å². The van der Waals surface area contributed by atoms with Crippen molar-refractivity contribution in [2.45, 2.75) is 39.7 Å². The fourth-order valence-electron chi connectivity index (χ4n) is 0.840. The number of ether oxygens (including phenoxy) is 1. The monoisotopic (exact) mass is 171 g/mol. The summed E-state index contributed by atoms with van der Waals surface area (Å²) in [4.78, 5) is 11.0. The molecule has 0 amide bonds. The summed E-state index contributed by atoms with van der Waals surface area (Å²) in [5, 5.41) is 0. The predicted molar refractivity (Wildman–Crippen MR) is 48.4 cm³/mol. The molecule has 0 aromatic rings. The summed E-state index contributed by atoms with van der Waals surface area (Å²) in [6.07, 6.45) is 3.02. The number of nitrogens with two attached hydrogens (primary N) is 1. The molecule has 0 aliphatic rings. The molecule has 0 saturated heterocycles. The zero-order valence-corrected chi connectivity index (χ0v) is 7.96. The Hall–Kier alpha value is -0.990. The van der Waals surface area contributed by atoms with E-state index >= 15 is 0 Å². The molecule has 0 saturated carbocycles. The molecule has 0 spiro atoms. The highest BCUT2D eigenvalue weighted by Gasteiger charge is 2.07. The second kappa shape index (κ2) is 5.63. The Bertz CT molecular complexity index is 167. The number of allylic oxidation sites excluding steroid dienone is 1. The molecule has 0 aromatic carbocycles. The van der Waals surface area contributed by atoms with E-state index in [1.807, 2.05) is 13.8 Å². The molecule has 0 radical (unpaired) electrons.